The van der Waals surface area contributed by atoms with E-state index in [0.717, 1.165) is 16.7 Å². The highest BCUT2D eigenvalue weighted by molar-refractivity contribution is 7.08. The molecule has 0 amide bonds. The summed E-state index contributed by atoms with van der Waals surface area (Å²) in [5.74, 6) is 1.02. The summed E-state index contributed by atoms with van der Waals surface area (Å²) < 4.78 is 5.27. The number of hydrogen-bond acceptors (Lipinski definition) is 4. The van der Waals surface area contributed by atoms with Gasteiger partial charge in [-0.2, -0.15) is 16.3 Å². The average Bonchev–Trinajstić information content (AvgIpc) is 3.07. The molecule has 96 valence electrons. The zero-order valence-electron chi connectivity index (χ0n) is 10.2. The molecule has 0 aliphatic heterocycles. The van der Waals surface area contributed by atoms with Crippen molar-refractivity contribution < 1.29 is 4.52 Å². The van der Waals surface area contributed by atoms with E-state index in [1.54, 1.807) is 11.3 Å². The Kier molecular flexibility index (Phi) is 3.36. The van der Waals surface area contributed by atoms with Crippen molar-refractivity contribution >= 4 is 22.9 Å². The monoisotopic (exact) mass is 290 g/mol. The van der Waals surface area contributed by atoms with E-state index in [9.17, 15) is 0 Å². The molecule has 3 nitrogen and oxygen atoms in total. The quantitative estimate of drug-likeness (QED) is 0.670. The lowest BCUT2D eigenvalue weighted by molar-refractivity contribution is 0.383. The highest BCUT2D eigenvalue weighted by Crippen LogP contribution is 2.30. The van der Waals surface area contributed by atoms with Crippen LogP contribution in [0.1, 0.15) is 22.4 Å². The number of hydrogen-bond donors (Lipinski definition) is 0. The van der Waals surface area contributed by atoms with Gasteiger partial charge in [0, 0.05) is 10.9 Å². The third kappa shape index (κ3) is 2.41. The van der Waals surface area contributed by atoms with Gasteiger partial charge in [0.15, 0.2) is 0 Å². The van der Waals surface area contributed by atoms with Gasteiger partial charge in [0.2, 0.25) is 11.7 Å². The molecule has 0 saturated heterocycles. The molecule has 1 unspecified atom stereocenters. The van der Waals surface area contributed by atoms with Crippen molar-refractivity contribution in [2.45, 2.75) is 12.3 Å². The first-order valence-electron chi connectivity index (χ1n) is 5.81. The second-order valence-corrected chi connectivity index (χ2v) is 5.38. The Balaban J connectivity index is 1.92. The second-order valence-electron chi connectivity index (χ2n) is 4.20. The molecule has 1 aromatic carbocycles. The molecule has 0 saturated carbocycles. The highest BCUT2D eigenvalue weighted by atomic mass is 35.5. The number of rotatable bonds is 3. The minimum absolute atomic E-state index is 0.415. The van der Waals surface area contributed by atoms with Crippen molar-refractivity contribution in [1.82, 2.24) is 10.1 Å². The molecule has 0 aliphatic carbocycles. The van der Waals surface area contributed by atoms with Gasteiger partial charge in [-0.1, -0.05) is 35.5 Å². The lowest BCUT2D eigenvalue weighted by atomic mass is 10.1. The Bertz CT molecular complexity index is 678. The second kappa shape index (κ2) is 5.15. The molecule has 5 heteroatoms. The maximum Gasteiger partial charge on any atom is 0.249 e. The van der Waals surface area contributed by atoms with Gasteiger partial charge >= 0.3 is 0 Å². The molecule has 19 heavy (non-hydrogen) atoms. The van der Waals surface area contributed by atoms with Crippen LogP contribution in [0.3, 0.4) is 0 Å². The van der Waals surface area contributed by atoms with Crippen LogP contribution in [0.4, 0.5) is 0 Å². The highest BCUT2D eigenvalue weighted by Gasteiger charge is 2.19. The van der Waals surface area contributed by atoms with E-state index in [1.165, 1.54) is 0 Å². The summed E-state index contributed by atoms with van der Waals surface area (Å²) in [6.07, 6.45) is 0. The third-order valence-electron chi connectivity index (χ3n) is 2.85. The van der Waals surface area contributed by atoms with Crippen molar-refractivity contribution in [3.05, 3.63) is 58.1 Å². The Morgan fingerprint density at radius 2 is 2.00 bits per heavy atom. The largest absolute Gasteiger partial charge is 0.337 e. The summed E-state index contributed by atoms with van der Waals surface area (Å²) in [5, 5.41) is 7.65. The molecular weight excluding hydrogens is 280 g/mol. The first-order valence-corrected chi connectivity index (χ1v) is 7.19. The minimum atomic E-state index is -0.415. The molecule has 1 atom stereocenters. The number of alkyl halides is 1. The maximum atomic E-state index is 6.35. The smallest absolute Gasteiger partial charge is 0.249 e. The molecule has 3 rings (SSSR count). The fraction of sp³-hybridized carbons (Fsp3) is 0.143. The molecule has 0 bridgehead atoms. The van der Waals surface area contributed by atoms with Crippen LogP contribution in [0.15, 0.2) is 45.6 Å². The summed E-state index contributed by atoms with van der Waals surface area (Å²) in [7, 11) is 0. The Labute approximate surface area is 119 Å². The van der Waals surface area contributed by atoms with Gasteiger partial charge in [-0.25, -0.2) is 0 Å². The number of aromatic nitrogens is 2. The van der Waals surface area contributed by atoms with E-state index in [0.29, 0.717) is 11.7 Å². The van der Waals surface area contributed by atoms with Gasteiger partial charge in [0.25, 0.3) is 0 Å². The molecular formula is C14H11ClN2OS. The van der Waals surface area contributed by atoms with Crippen LogP contribution in [-0.4, -0.2) is 10.1 Å². The van der Waals surface area contributed by atoms with Crippen LogP contribution in [0.2, 0.25) is 0 Å². The SMILES string of the molecule is Cc1cscc1-c1noc(C(Cl)c2ccccc2)n1. The molecule has 2 heterocycles. The molecule has 0 radical (unpaired) electrons. The first-order chi connectivity index (χ1) is 9.25. The van der Waals surface area contributed by atoms with Crippen molar-refractivity contribution in [2.24, 2.45) is 0 Å². The zero-order chi connectivity index (χ0) is 13.2. The van der Waals surface area contributed by atoms with E-state index in [1.807, 2.05) is 42.6 Å². The molecule has 0 N–H and O–H groups in total. The van der Waals surface area contributed by atoms with Crippen LogP contribution < -0.4 is 0 Å². The molecule has 0 fully saturated rings. The topological polar surface area (TPSA) is 38.9 Å². The molecule has 0 aliphatic rings. The maximum absolute atomic E-state index is 6.35. The summed E-state index contributed by atoms with van der Waals surface area (Å²) in [6.45, 7) is 2.03. The lowest BCUT2D eigenvalue weighted by Gasteiger charge is -2.03. The van der Waals surface area contributed by atoms with E-state index in [-0.39, 0.29) is 0 Å². The number of halogens is 1. The van der Waals surface area contributed by atoms with E-state index >= 15 is 0 Å². The summed E-state index contributed by atoms with van der Waals surface area (Å²) in [6, 6.07) is 9.70. The number of aryl methyl sites for hydroxylation is 1. The van der Waals surface area contributed by atoms with Gasteiger partial charge < -0.3 is 4.52 Å². The zero-order valence-corrected chi connectivity index (χ0v) is 11.8. The van der Waals surface area contributed by atoms with Crippen molar-refractivity contribution in [3.63, 3.8) is 0 Å². The summed E-state index contributed by atoms with van der Waals surface area (Å²) in [5.41, 5.74) is 3.08. The summed E-state index contributed by atoms with van der Waals surface area (Å²) >= 11 is 7.97. The number of thiophene rings is 1. The van der Waals surface area contributed by atoms with Gasteiger partial charge in [0.1, 0.15) is 5.38 Å². The molecule has 2 aromatic heterocycles. The summed E-state index contributed by atoms with van der Waals surface area (Å²) in [4.78, 5) is 4.39. The minimum Gasteiger partial charge on any atom is -0.337 e. The van der Waals surface area contributed by atoms with E-state index in [2.05, 4.69) is 15.5 Å². The van der Waals surface area contributed by atoms with Gasteiger partial charge in [0.05, 0.1) is 0 Å². The van der Waals surface area contributed by atoms with Crippen LogP contribution in [0.5, 0.6) is 0 Å². The first kappa shape index (κ1) is 12.4. The molecule has 3 aromatic rings. The Hall–Kier alpha value is -1.65. The van der Waals surface area contributed by atoms with Crippen LogP contribution >= 0.6 is 22.9 Å². The third-order valence-corrected chi connectivity index (χ3v) is 4.15. The normalized spacial score (nSPS) is 12.5. The average molecular weight is 291 g/mol. The van der Waals surface area contributed by atoms with Gasteiger partial charge in [-0.05, 0) is 23.4 Å². The fourth-order valence-corrected chi connectivity index (χ4v) is 2.86. The number of nitrogens with zero attached hydrogens (tertiary/aromatic N) is 2. The standard InChI is InChI=1S/C14H11ClN2OS/c1-9-7-19-8-11(9)13-16-14(18-17-13)12(15)10-5-3-2-4-6-10/h2-8,12H,1H3. The lowest BCUT2D eigenvalue weighted by Crippen LogP contribution is -1.93. The molecule has 0 spiro atoms. The predicted molar refractivity (Wildman–Crippen MR) is 76.5 cm³/mol. The number of benzene rings is 1. The van der Waals surface area contributed by atoms with Crippen LogP contribution in [-0.2, 0) is 0 Å². The van der Waals surface area contributed by atoms with Gasteiger partial charge in [-0.15, -0.1) is 11.6 Å². The fourth-order valence-electron chi connectivity index (χ4n) is 1.80. The van der Waals surface area contributed by atoms with Crippen LogP contribution in [0.25, 0.3) is 11.4 Å². The Morgan fingerprint density at radius 1 is 1.21 bits per heavy atom. The van der Waals surface area contributed by atoms with Crippen molar-refractivity contribution in [3.8, 4) is 11.4 Å². The Morgan fingerprint density at radius 3 is 2.68 bits per heavy atom. The van der Waals surface area contributed by atoms with Crippen molar-refractivity contribution in [1.29, 1.82) is 0 Å². The predicted octanol–water partition coefficient (Wildman–Crippen LogP) is 4.43. The van der Waals surface area contributed by atoms with Crippen molar-refractivity contribution in [2.75, 3.05) is 0 Å². The van der Waals surface area contributed by atoms with Crippen LogP contribution in [0, 0.1) is 6.92 Å². The van der Waals surface area contributed by atoms with Gasteiger partial charge in [-0.3, -0.25) is 0 Å². The van der Waals surface area contributed by atoms with E-state index < -0.39 is 5.38 Å². The van der Waals surface area contributed by atoms with E-state index in [4.69, 9.17) is 16.1 Å².